The summed E-state index contributed by atoms with van der Waals surface area (Å²) in [7, 11) is 0. The van der Waals surface area contributed by atoms with Gasteiger partial charge in [0.2, 0.25) is 0 Å². The van der Waals surface area contributed by atoms with E-state index in [1.165, 1.54) is 0 Å². The maximum absolute atomic E-state index is 6.26. The van der Waals surface area contributed by atoms with Gasteiger partial charge < -0.3 is 10.5 Å². The fraction of sp³-hybridized carbons (Fsp3) is 0.294. The van der Waals surface area contributed by atoms with Crippen molar-refractivity contribution in [1.29, 1.82) is 0 Å². The Kier molecular flexibility index (Phi) is 5.18. The lowest BCUT2D eigenvalue weighted by atomic mass is 10.0. The van der Waals surface area contributed by atoms with E-state index >= 15 is 0 Å². The van der Waals surface area contributed by atoms with Crippen molar-refractivity contribution in [3.63, 3.8) is 0 Å². The minimum absolute atomic E-state index is 0.0385. The fourth-order valence-corrected chi connectivity index (χ4v) is 2.45. The topological polar surface area (TPSA) is 35.2 Å². The van der Waals surface area contributed by atoms with Crippen LogP contribution in [-0.2, 0) is 4.74 Å². The summed E-state index contributed by atoms with van der Waals surface area (Å²) in [6.07, 6.45) is -0.262. The Morgan fingerprint density at radius 1 is 0.950 bits per heavy atom. The summed E-state index contributed by atoms with van der Waals surface area (Å²) < 4.78 is 6.16. The standard InChI is InChI=1S/C17H20ClNO/c1-12(19)17(15-10-6-7-11-16(15)18)20-13(2)14-8-4-3-5-9-14/h3-13,17H,19H2,1-2H3. The molecule has 3 heteroatoms. The molecular weight excluding hydrogens is 270 g/mol. The molecule has 2 N–H and O–H groups in total. The summed E-state index contributed by atoms with van der Waals surface area (Å²) in [5, 5.41) is 0.690. The Labute approximate surface area is 125 Å². The summed E-state index contributed by atoms with van der Waals surface area (Å²) in [5.41, 5.74) is 8.15. The number of hydrogen-bond donors (Lipinski definition) is 1. The quantitative estimate of drug-likeness (QED) is 0.879. The van der Waals surface area contributed by atoms with Crippen LogP contribution in [0.1, 0.15) is 37.2 Å². The predicted molar refractivity (Wildman–Crippen MR) is 83.8 cm³/mol. The van der Waals surface area contributed by atoms with E-state index < -0.39 is 0 Å². The number of nitrogens with two attached hydrogens (primary N) is 1. The van der Waals surface area contributed by atoms with Gasteiger partial charge >= 0.3 is 0 Å². The monoisotopic (exact) mass is 289 g/mol. The number of halogens is 1. The summed E-state index contributed by atoms with van der Waals surface area (Å²) in [5.74, 6) is 0. The van der Waals surface area contributed by atoms with Crippen LogP contribution in [0.4, 0.5) is 0 Å². The van der Waals surface area contributed by atoms with Crippen molar-refractivity contribution in [3.8, 4) is 0 Å². The summed E-state index contributed by atoms with van der Waals surface area (Å²) in [6, 6.07) is 17.7. The summed E-state index contributed by atoms with van der Waals surface area (Å²) in [4.78, 5) is 0. The third-order valence-corrected chi connectivity index (χ3v) is 3.65. The minimum Gasteiger partial charge on any atom is -0.364 e. The Morgan fingerprint density at radius 2 is 1.55 bits per heavy atom. The van der Waals surface area contributed by atoms with Crippen molar-refractivity contribution >= 4 is 11.6 Å². The highest BCUT2D eigenvalue weighted by Crippen LogP contribution is 2.32. The first-order valence-electron chi connectivity index (χ1n) is 6.80. The molecule has 0 spiro atoms. The van der Waals surface area contributed by atoms with Crippen molar-refractivity contribution in [1.82, 2.24) is 0 Å². The van der Waals surface area contributed by atoms with Crippen molar-refractivity contribution in [2.75, 3.05) is 0 Å². The van der Waals surface area contributed by atoms with Crippen LogP contribution in [0.25, 0.3) is 0 Å². The van der Waals surface area contributed by atoms with E-state index in [2.05, 4.69) is 12.1 Å². The number of benzene rings is 2. The molecule has 0 radical (unpaired) electrons. The van der Waals surface area contributed by atoms with Crippen LogP contribution in [0.2, 0.25) is 5.02 Å². The average molecular weight is 290 g/mol. The fourth-order valence-electron chi connectivity index (χ4n) is 2.21. The highest BCUT2D eigenvalue weighted by atomic mass is 35.5. The third-order valence-electron chi connectivity index (χ3n) is 3.31. The molecule has 0 aliphatic carbocycles. The molecule has 20 heavy (non-hydrogen) atoms. The minimum atomic E-state index is -0.223. The zero-order valence-electron chi connectivity index (χ0n) is 11.8. The van der Waals surface area contributed by atoms with Crippen molar-refractivity contribution in [2.45, 2.75) is 32.1 Å². The maximum Gasteiger partial charge on any atom is 0.0995 e. The van der Waals surface area contributed by atoms with Gasteiger partial charge in [-0.15, -0.1) is 0 Å². The number of hydrogen-bond acceptors (Lipinski definition) is 2. The van der Waals surface area contributed by atoms with Crippen LogP contribution < -0.4 is 5.73 Å². The molecule has 0 aliphatic heterocycles. The lowest BCUT2D eigenvalue weighted by Crippen LogP contribution is -2.28. The normalized spacial score (nSPS) is 15.6. The van der Waals surface area contributed by atoms with Gasteiger partial charge in [0.05, 0.1) is 12.2 Å². The zero-order valence-corrected chi connectivity index (χ0v) is 12.5. The second-order valence-corrected chi connectivity index (χ2v) is 5.40. The predicted octanol–water partition coefficient (Wildman–Crippen LogP) is 4.51. The van der Waals surface area contributed by atoms with E-state index in [4.69, 9.17) is 22.1 Å². The lowest BCUT2D eigenvalue weighted by molar-refractivity contribution is -0.0161. The van der Waals surface area contributed by atoms with Gasteiger partial charge in [-0.3, -0.25) is 0 Å². The van der Waals surface area contributed by atoms with E-state index in [0.717, 1.165) is 11.1 Å². The van der Waals surface area contributed by atoms with Crippen LogP contribution in [-0.4, -0.2) is 6.04 Å². The van der Waals surface area contributed by atoms with Crippen LogP contribution in [0, 0.1) is 0 Å². The van der Waals surface area contributed by atoms with E-state index in [9.17, 15) is 0 Å². The van der Waals surface area contributed by atoms with E-state index in [1.54, 1.807) is 0 Å². The van der Waals surface area contributed by atoms with E-state index in [-0.39, 0.29) is 18.2 Å². The molecule has 0 fully saturated rings. The largest absolute Gasteiger partial charge is 0.364 e. The molecule has 0 saturated heterocycles. The molecule has 0 bridgehead atoms. The highest BCUT2D eigenvalue weighted by molar-refractivity contribution is 6.31. The molecule has 106 valence electrons. The van der Waals surface area contributed by atoms with Gasteiger partial charge in [-0.05, 0) is 25.5 Å². The molecule has 0 aromatic heterocycles. The molecule has 0 heterocycles. The summed E-state index contributed by atoms with van der Waals surface area (Å²) >= 11 is 6.26. The van der Waals surface area contributed by atoms with Gasteiger partial charge in [0, 0.05) is 16.6 Å². The first-order chi connectivity index (χ1) is 9.59. The van der Waals surface area contributed by atoms with Crippen molar-refractivity contribution in [2.24, 2.45) is 5.73 Å². The first kappa shape index (κ1) is 15.0. The third kappa shape index (κ3) is 3.60. The van der Waals surface area contributed by atoms with Crippen LogP contribution >= 0.6 is 11.6 Å². The summed E-state index contributed by atoms with van der Waals surface area (Å²) in [6.45, 7) is 3.97. The lowest BCUT2D eigenvalue weighted by Gasteiger charge is -2.26. The van der Waals surface area contributed by atoms with Crippen LogP contribution in [0.5, 0.6) is 0 Å². The molecule has 2 aromatic carbocycles. The van der Waals surface area contributed by atoms with E-state index in [0.29, 0.717) is 5.02 Å². The van der Waals surface area contributed by atoms with Gasteiger partial charge in [-0.2, -0.15) is 0 Å². The van der Waals surface area contributed by atoms with Gasteiger partial charge in [0.15, 0.2) is 0 Å². The molecule has 0 amide bonds. The Bertz CT molecular complexity index is 542. The average Bonchev–Trinajstić information content (AvgIpc) is 2.46. The second-order valence-electron chi connectivity index (χ2n) is 4.99. The molecule has 3 atom stereocenters. The Balaban J connectivity index is 2.21. The highest BCUT2D eigenvalue weighted by Gasteiger charge is 2.22. The SMILES string of the molecule is CC(OC(c1ccccc1Cl)C(C)N)c1ccccc1. The first-order valence-corrected chi connectivity index (χ1v) is 7.18. The van der Waals surface area contributed by atoms with E-state index in [1.807, 2.05) is 56.3 Å². The molecular formula is C17H20ClNO. The number of rotatable bonds is 5. The molecule has 2 aromatic rings. The molecule has 0 saturated carbocycles. The van der Waals surface area contributed by atoms with Crippen molar-refractivity contribution < 1.29 is 4.74 Å². The van der Waals surface area contributed by atoms with Crippen molar-refractivity contribution in [3.05, 3.63) is 70.7 Å². The Hall–Kier alpha value is -1.35. The Morgan fingerprint density at radius 3 is 2.15 bits per heavy atom. The second kappa shape index (κ2) is 6.89. The van der Waals surface area contributed by atoms with Gasteiger partial charge in [-0.25, -0.2) is 0 Å². The molecule has 3 unspecified atom stereocenters. The maximum atomic E-state index is 6.26. The smallest absolute Gasteiger partial charge is 0.0995 e. The van der Waals surface area contributed by atoms with Gasteiger partial charge in [-0.1, -0.05) is 60.1 Å². The van der Waals surface area contributed by atoms with Gasteiger partial charge in [0.1, 0.15) is 0 Å². The van der Waals surface area contributed by atoms with Gasteiger partial charge in [0.25, 0.3) is 0 Å². The molecule has 0 aliphatic rings. The number of ether oxygens (including phenoxy) is 1. The molecule has 2 rings (SSSR count). The van der Waals surface area contributed by atoms with Crippen LogP contribution in [0.15, 0.2) is 54.6 Å². The van der Waals surface area contributed by atoms with Crippen LogP contribution in [0.3, 0.4) is 0 Å². The zero-order chi connectivity index (χ0) is 14.5. The molecule has 2 nitrogen and oxygen atoms in total.